The van der Waals surface area contributed by atoms with Crippen LogP contribution in [0.1, 0.15) is 11.1 Å². The molecule has 0 spiro atoms. The number of rotatable bonds is 3. The van der Waals surface area contributed by atoms with E-state index in [1.54, 1.807) is 0 Å². The Balaban J connectivity index is 1.70. The van der Waals surface area contributed by atoms with Gasteiger partial charge in [0.05, 0.1) is 6.61 Å². The third kappa shape index (κ3) is 2.76. The fourth-order valence-electron chi connectivity index (χ4n) is 3.05. The van der Waals surface area contributed by atoms with Gasteiger partial charge in [0.1, 0.15) is 5.75 Å². The lowest BCUT2D eigenvalue weighted by atomic mass is 10.1. The second-order valence-corrected chi connectivity index (χ2v) is 5.66. The van der Waals surface area contributed by atoms with E-state index in [0.29, 0.717) is 6.04 Å². The molecule has 2 N–H and O–H groups in total. The fourth-order valence-corrected chi connectivity index (χ4v) is 3.05. The first-order valence-corrected chi connectivity index (χ1v) is 7.13. The number of likely N-dealkylation sites (N-methyl/N-ethyl adjacent to an activating group) is 1. The van der Waals surface area contributed by atoms with E-state index < -0.39 is 0 Å². The molecule has 3 rings (SSSR count). The van der Waals surface area contributed by atoms with Gasteiger partial charge in [-0.05, 0) is 24.2 Å². The highest BCUT2D eigenvalue weighted by Crippen LogP contribution is 2.26. The van der Waals surface area contributed by atoms with Crippen LogP contribution in [0.5, 0.6) is 5.75 Å². The highest BCUT2D eigenvalue weighted by atomic mass is 16.5. The van der Waals surface area contributed by atoms with Crippen LogP contribution in [-0.2, 0) is 13.0 Å². The second-order valence-electron chi connectivity index (χ2n) is 5.66. The third-order valence-electron chi connectivity index (χ3n) is 4.22. The van der Waals surface area contributed by atoms with Crippen molar-refractivity contribution in [1.82, 2.24) is 9.80 Å². The smallest absolute Gasteiger partial charge is 0.122 e. The summed E-state index contributed by atoms with van der Waals surface area (Å²) in [5.41, 5.74) is 8.65. The van der Waals surface area contributed by atoms with Crippen LogP contribution in [0.4, 0.5) is 0 Å². The first kappa shape index (κ1) is 12.9. The minimum Gasteiger partial charge on any atom is -0.493 e. The number of ether oxygens (including phenoxy) is 1. The molecule has 0 saturated carbocycles. The molecule has 4 heteroatoms. The van der Waals surface area contributed by atoms with Crippen LogP contribution >= 0.6 is 0 Å². The van der Waals surface area contributed by atoms with Crippen molar-refractivity contribution in [2.45, 2.75) is 19.0 Å². The summed E-state index contributed by atoms with van der Waals surface area (Å²) in [6.45, 7) is 5.88. The number of hydrogen-bond acceptors (Lipinski definition) is 4. The maximum atomic E-state index is 5.91. The molecule has 0 aromatic heterocycles. The SMILES string of the molecule is CN1CCN(Cc2ccc3c(c2)CCO3)C(CN)C1. The molecule has 1 saturated heterocycles. The molecule has 4 nitrogen and oxygen atoms in total. The monoisotopic (exact) mass is 261 g/mol. The summed E-state index contributed by atoms with van der Waals surface area (Å²) in [6.07, 6.45) is 1.05. The normalized spacial score (nSPS) is 24.2. The van der Waals surface area contributed by atoms with Gasteiger partial charge in [-0.25, -0.2) is 0 Å². The molecule has 19 heavy (non-hydrogen) atoms. The lowest BCUT2D eigenvalue weighted by Gasteiger charge is -2.39. The average molecular weight is 261 g/mol. The average Bonchev–Trinajstić information content (AvgIpc) is 2.88. The van der Waals surface area contributed by atoms with E-state index in [2.05, 4.69) is 35.0 Å². The minimum atomic E-state index is 0.475. The first-order valence-electron chi connectivity index (χ1n) is 7.13. The molecule has 0 aliphatic carbocycles. The van der Waals surface area contributed by atoms with Crippen LogP contribution in [0.3, 0.4) is 0 Å². The Kier molecular flexibility index (Phi) is 3.73. The second kappa shape index (κ2) is 5.49. The Morgan fingerprint density at radius 1 is 1.37 bits per heavy atom. The van der Waals surface area contributed by atoms with E-state index in [9.17, 15) is 0 Å². The molecule has 0 amide bonds. The van der Waals surface area contributed by atoms with E-state index in [-0.39, 0.29) is 0 Å². The van der Waals surface area contributed by atoms with Gasteiger partial charge in [0.2, 0.25) is 0 Å². The van der Waals surface area contributed by atoms with Gasteiger partial charge in [-0.2, -0.15) is 0 Å². The summed E-state index contributed by atoms with van der Waals surface area (Å²) >= 11 is 0. The largest absolute Gasteiger partial charge is 0.493 e. The molecular formula is C15H23N3O. The summed E-state index contributed by atoms with van der Waals surface area (Å²) in [6, 6.07) is 7.08. The maximum Gasteiger partial charge on any atom is 0.122 e. The van der Waals surface area contributed by atoms with Crippen molar-refractivity contribution in [3.05, 3.63) is 29.3 Å². The Morgan fingerprint density at radius 2 is 2.26 bits per heavy atom. The molecule has 104 valence electrons. The zero-order chi connectivity index (χ0) is 13.2. The molecule has 0 radical (unpaired) electrons. The quantitative estimate of drug-likeness (QED) is 0.869. The predicted molar refractivity (Wildman–Crippen MR) is 76.4 cm³/mol. The lowest BCUT2D eigenvalue weighted by molar-refractivity contribution is 0.0881. The summed E-state index contributed by atoms with van der Waals surface area (Å²) in [5.74, 6) is 1.07. The van der Waals surface area contributed by atoms with Gasteiger partial charge < -0.3 is 15.4 Å². The molecule has 1 aromatic carbocycles. The summed E-state index contributed by atoms with van der Waals surface area (Å²) in [7, 11) is 2.17. The highest BCUT2D eigenvalue weighted by Gasteiger charge is 2.24. The number of nitrogens with zero attached hydrogens (tertiary/aromatic N) is 2. The summed E-state index contributed by atoms with van der Waals surface area (Å²) in [4.78, 5) is 4.88. The number of hydrogen-bond donors (Lipinski definition) is 1. The van der Waals surface area contributed by atoms with Crippen molar-refractivity contribution < 1.29 is 4.74 Å². The Labute approximate surface area is 115 Å². The van der Waals surface area contributed by atoms with Crippen LogP contribution in [0.25, 0.3) is 0 Å². The number of benzene rings is 1. The summed E-state index contributed by atoms with van der Waals surface area (Å²) in [5, 5.41) is 0. The molecule has 2 aliphatic heterocycles. The lowest BCUT2D eigenvalue weighted by Crippen LogP contribution is -2.54. The van der Waals surface area contributed by atoms with E-state index in [4.69, 9.17) is 10.5 Å². The van der Waals surface area contributed by atoms with Crippen molar-refractivity contribution in [2.75, 3.05) is 39.8 Å². The predicted octanol–water partition coefficient (Wildman–Crippen LogP) is 0.696. The topological polar surface area (TPSA) is 41.7 Å². The molecule has 1 aromatic rings. The molecule has 2 aliphatic rings. The zero-order valence-corrected chi connectivity index (χ0v) is 11.6. The molecule has 1 unspecified atom stereocenters. The van der Waals surface area contributed by atoms with E-state index >= 15 is 0 Å². The van der Waals surface area contributed by atoms with Crippen LogP contribution in [-0.4, -0.2) is 55.7 Å². The zero-order valence-electron chi connectivity index (χ0n) is 11.6. The van der Waals surface area contributed by atoms with Crippen LogP contribution in [0.15, 0.2) is 18.2 Å². The van der Waals surface area contributed by atoms with Crippen molar-refractivity contribution >= 4 is 0 Å². The molecule has 1 atom stereocenters. The fraction of sp³-hybridized carbons (Fsp3) is 0.600. The number of piperazine rings is 1. The van der Waals surface area contributed by atoms with Gasteiger partial charge in [-0.3, -0.25) is 4.90 Å². The van der Waals surface area contributed by atoms with Crippen molar-refractivity contribution in [3.63, 3.8) is 0 Å². The van der Waals surface area contributed by atoms with E-state index in [1.807, 2.05) is 0 Å². The van der Waals surface area contributed by atoms with Gasteiger partial charge in [-0.1, -0.05) is 12.1 Å². The minimum absolute atomic E-state index is 0.475. The Bertz CT molecular complexity index is 449. The number of nitrogens with two attached hydrogens (primary N) is 1. The first-order chi connectivity index (χ1) is 9.26. The Morgan fingerprint density at radius 3 is 3.11 bits per heavy atom. The van der Waals surface area contributed by atoms with Gasteiger partial charge in [0.15, 0.2) is 0 Å². The van der Waals surface area contributed by atoms with Crippen LogP contribution in [0, 0.1) is 0 Å². The summed E-state index contributed by atoms with van der Waals surface area (Å²) < 4.78 is 5.56. The Hall–Kier alpha value is -1.10. The number of fused-ring (bicyclic) bond motifs is 1. The van der Waals surface area contributed by atoms with E-state index in [0.717, 1.165) is 51.5 Å². The van der Waals surface area contributed by atoms with Gasteiger partial charge in [0.25, 0.3) is 0 Å². The highest BCUT2D eigenvalue weighted by molar-refractivity contribution is 5.39. The van der Waals surface area contributed by atoms with Gasteiger partial charge >= 0.3 is 0 Å². The van der Waals surface area contributed by atoms with E-state index in [1.165, 1.54) is 11.1 Å². The van der Waals surface area contributed by atoms with Crippen LogP contribution < -0.4 is 10.5 Å². The molecular weight excluding hydrogens is 238 g/mol. The van der Waals surface area contributed by atoms with Crippen molar-refractivity contribution in [3.8, 4) is 5.75 Å². The molecule has 0 bridgehead atoms. The van der Waals surface area contributed by atoms with Gasteiger partial charge in [-0.15, -0.1) is 0 Å². The maximum absolute atomic E-state index is 5.91. The van der Waals surface area contributed by atoms with Gasteiger partial charge in [0, 0.05) is 45.2 Å². The molecule has 1 fully saturated rings. The molecule has 2 heterocycles. The van der Waals surface area contributed by atoms with Crippen molar-refractivity contribution in [1.29, 1.82) is 0 Å². The van der Waals surface area contributed by atoms with Crippen LogP contribution in [0.2, 0.25) is 0 Å². The third-order valence-corrected chi connectivity index (χ3v) is 4.22. The van der Waals surface area contributed by atoms with Crippen molar-refractivity contribution in [2.24, 2.45) is 5.73 Å². The standard InChI is InChI=1S/C15H23N3O/c1-17-5-6-18(14(9-16)11-17)10-12-2-3-15-13(8-12)4-7-19-15/h2-3,8,14H,4-7,9-11,16H2,1H3.